The third-order valence-corrected chi connectivity index (χ3v) is 5.94. The smallest absolute Gasteiger partial charge is 0.222 e. The highest BCUT2D eigenvalue weighted by molar-refractivity contribution is 5.82. The van der Waals surface area contributed by atoms with Gasteiger partial charge in [0.05, 0.1) is 52.9 Å². The van der Waals surface area contributed by atoms with Gasteiger partial charge in [-0.3, -0.25) is 9.48 Å². The van der Waals surface area contributed by atoms with E-state index in [9.17, 15) is 9.18 Å². The first kappa shape index (κ1) is 33.6. The zero-order chi connectivity index (χ0) is 30.2. The maximum atomic E-state index is 13.8. The Morgan fingerprint density at radius 2 is 1.66 bits per heavy atom. The molecule has 0 fully saturated rings. The Morgan fingerprint density at radius 3 is 2.29 bits per heavy atom. The summed E-state index contributed by atoms with van der Waals surface area (Å²) >= 11 is 0. The molecule has 0 unspecified atom stereocenters. The van der Waals surface area contributed by atoms with E-state index in [0.29, 0.717) is 68.8 Å². The second kappa shape index (κ2) is 17.9. The van der Waals surface area contributed by atoms with E-state index in [0.717, 1.165) is 22.4 Å². The van der Waals surface area contributed by atoms with Crippen LogP contribution >= 0.6 is 0 Å². The second-order valence-corrected chi connectivity index (χ2v) is 8.93. The van der Waals surface area contributed by atoms with E-state index in [1.165, 1.54) is 18.6 Å². The Hall–Kier alpha value is -3.63. The predicted octanol–water partition coefficient (Wildman–Crippen LogP) is 5.97. The Balaban J connectivity index is 0.00000110. The van der Waals surface area contributed by atoms with Gasteiger partial charge in [0.2, 0.25) is 5.91 Å². The predicted molar refractivity (Wildman–Crippen MR) is 161 cm³/mol. The van der Waals surface area contributed by atoms with Crippen LogP contribution in [-0.2, 0) is 27.2 Å². The van der Waals surface area contributed by atoms with E-state index in [-0.39, 0.29) is 11.7 Å². The monoisotopic (exact) mass is 572 g/mol. The number of amides is 1. The average Bonchev–Trinajstić information content (AvgIpc) is 3.51. The number of hydrogen-bond acceptors (Lipinski definition) is 7. The summed E-state index contributed by atoms with van der Waals surface area (Å²) in [5, 5.41) is 10.6. The van der Waals surface area contributed by atoms with Gasteiger partial charge in [0.25, 0.3) is 0 Å². The summed E-state index contributed by atoms with van der Waals surface area (Å²) in [5.74, 6) is 1.60. The van der Waals surface area contributed by atoms with Crippen molar-refractivity contribution in [1.29, 1.82) is 0 Å². The molecule has 41 heavy (non-hydrogen) atoms. The number of carbonyl (C=O) groups excluding carboxylic acids is 1. The van der Waals surface area contributed by atoms with Gasteiger partial charge in [-0.25, -0.2) is 4.39 Å². The third kappa shape index (κ3) is 9.47. The summed E-state index contributed by atoms with van der Waals surface area (Å²) in [7, 11) is 4.82. The van der Waals surface area contributed by atoms with Crippen LogP contribution in [0.5, 0.6) is 11.5 Å². The van der Waals surface area contributed by atoms with Crippen molar-refractivity contribution in [2.75, 3.05) is 53.0 Å². The van der Waals surface area contributed by atoms with E-state index in [1.807, 2.05) is 30.7 Å². The molecule has 2 N–H and O–H groups in total. The fourth-order valence-electron chi connectivity index (χ4n) is 4.17. The quantitative estimate of drug-likeness (QED) is 0.191. The number of halogens is 1. The molecule has 1 heterocycles. The highest BCUT2D eigenvalue weighted by Gasteiger charge is 2.29. The topological polar surface area (TPSA) is 95.9 Å². The van der Waals surface area contributed by atoms with Gasteiger partial charge >= 0.3 is 0 Å². The molecule has 0 spiro atoms. The molecule has 0 saturated carbocycles. The minimum Gasteiger partial charge on any atom is -0.493 e. The van der Waals surface area contributed by atoms with Crippen molar-refractivity contribution in [3.05, 3.63) is 53.3 Å². The van der Waals surface area contributed by atoms with Crippen molar-refractivity contribution in [2.45, 2.75) is 53.5 Å². The summed E-state index contributed by atoms with van der Waals surface area (Å²) in [6.07, 6.45) is 2.23. The summed E-state index contributed by atoms with van der Waals surface area (Å²) in [5.41, 5.74) is 4.72. The number of methoxy groups -OCH3 is 2. The molecule has 1 aromatic heterocycles. The van der Waals surface area contributed by atoms with E-state index < -0.39 is 0 Å². The first-order valence-electron chi connectivity index (χ1n) is 14.2. The van der Waals surface area contributed by atoms with Crippen molar-refractivity contribution >= 4 is 17.4 Å². The third-order valence-electron chi connectivity index (χ3n) is 5.94. The number of ether oxygens (including phenoxy) is 4. The van der Waals surface area contributed by atoms with Gasteiger partial charge in [0.15, 0.2) is 17.3 Å². The lowest BCUT2D eigenvalue weighted by molar-refractivity contribution is -0.121. The summed E-state index contributed by atoms with van der Waals surface area (Å²) in [6, 6.07) is 10.2. The van der Waals surface area contributed by atoms with Crippen molar-refractivity contribution in [2.24, 2.45) is 0 Å². The van der Waals surface area contributed by atoms with Crippen LogP contribution in [0.15, 0.2) is 36.4 Å². The van der Waals surface area contributed by atoms with Crippen LogP contribution in [0.4, 0.5) is 15.9 Å². The largest absolute Gasteiger partial charge is 0.493 e. The Bertz CT molecular complexity index is 1230. The molecule has 0 aliphatic heterocycles. The minimum absolute atomic E-state index is 0.0550. The van der Waals surface area contributed by atoms with Crippen molar-refractivity contribution in [1.82, 2.24) is 15.1 Å². The fraction of sp³-hybridized carbons (Fsp3) is 0.484. The van der Waals surface area contributed by atoms with Crippen LogP contribution in [0, 0.1) is 5.82 Å². The lowest BCUT2D eigenvalue weighted by Gasteiger charge is -2.12. The van der Waals surface area contributed by atoms with Crippen LogP contribution in [0.25, 0.3) is 11.3 Å². The molecule has 1 amide bonds. The SMILES string of the molecule is CC.CCC.CNC(=O)CCOCCOCCn1nc(Nc2cccc(F)c2)c2c1-c1cc(OC)c(OC)cc1C2. The molecule has 1 aliphatic rings. The zero-order valence-electron chi connectivity index (χ0n) is 25.4. The highest BCUT2D eigenvalue weighted by atomic mass is 19.1. The second-order valence-electron chi connectivity index (χ2n) is 8.93. The molecular formula is C31H45FN4O5. The Labute approximate surface area is 243 Å². The molecule has 4 rings (SSSR count). The number of hydrogen-bond donors (Lipinski definition) is 2. The van der Waals surface area contributed by atoms with Gasteiger partial charge in [-0.2, -0.15) is 5.10 Å². The van der Waals surface area contributed by atoms with Gasteiger partial charge in [-0.05, 0) is 35.9 Å². The lowest BCUT2D eigenvalue weighted by Crippen LogP contribution is -2.20. The normalized spacial score (nSPS) is 10.8. The van der Waals surface area contributed by atoms with E-state index >= 15 is 0 Å². The molecule has 1 aliphatic carbocycles. The van der Waals surface area contributed by atoms with E-state index in [4.69, 9.17) is 24.0 Å². The van der Waals surface area contributed by atoms with Crippen molar-refractivity contribution < 1.29 is 28.1 Å². The van der Waals surface area contributed by atoms with Crippen LogP contribution in [-0.4, -0.2) is 63.4 Å². The molecule has 0 atom stereocenters. The first-order valence-corrected chi connectivity index (χ1v) is 14.2. The average molecular weight is 573 g/mol. The van der Waals surface area contributed by atoms with Gasteiger partial charge in [0, 0.05) is 36.7 Å². The molecule has 9 nitrogen and oxygen atoms in total. The minimum atomic E-state index is -0.320. The van der Waals surface area contributed by atoms with E-state index in [2.05, 4.69) is 24.5 Å². The number of rotatable bonds is 13. The lowest BCUT2D eigenvalue weighted by atomic mass is 10.1. The first-order chi connectivity index (χ1) is 19.9. The molecule has 0 radical (unpaired) electrons. The van der Waals surface area contributed by atoms with Crippen molar-refractivity contribution in [3.8, 4) is 22.8 Å². The fourth-order valence-corrected chi connectivity index (χ4v) is 4.17. The van der Waals surface area contributed by atoms with Crippen LogP contribution < -0.4 is 20.1 Å². The number of carbonyl (C=O) groups is 1. The van der Waals surface area contributed by atoms with Crippen molar-refractivity contribution in [3.63, 3.8) is 0 Å². The standard InChI is InChI=1S/C26H31FN4O5.C3H8.C2H6/c1-28-24(32)7-9-35-11-12-36-10-8-31-25-20-16-23(34-3)22(33-2)14-17(20)13-21(25)26(30-31)29-19-6-4-5-18(27)15-19;1-3-2;1-2/h4-6,14-16H,7-13H2,1-3H3,(H,28,32)(H,29,30);3H2,1-2H3;1-2H3. The van der Waals surface area contributed by atoms with Gasteiger partial charge < -0.3 is 29.6 Å². The molecule has 226 valence electrons. The van der Waals surface area contributed by atoms with Crippen LogP contribution in [0.3, 0.4) is 0 Å². The number of aromatic nitrogens is 2. The highest BCUT2D eigenvalue weighted by Crippen LogP contribution is 2.45. The maximum Gasteiger partial charge on any atom is 0.222 e. The molecule has 10 heteroatoms. The van der Waals surface area contributed by atoms with Crippen LogP contribution in [0.2, 0.25) is 0 Å². The molecule has 0 bridgehead atoms. The van der Waals surface area contributed by atoms with Crippen LogP contribution in [0.1, 0.15) is 51.7 Å². The number of fused-ring (bicyclic) bond motifs is 3. The van der Waals surface area contributed by atoms with Gasteiger partial charge in [-0.1, -0.05) is 40.2 Å². The van der Waals surface area contributed by atoms with E-state index in [1.54, 1.807) is 33.4 Å². The summed E-state index contributed by atoms with van der Waals surface area (Å²) < 4.78 is 37.9. The molecule has 3 aromatic rings. The number of nitrogens with one attached hydrogen (secondary N) is 2. The number of anilines is 2. The number of benzene rings is 2. The molecular weight excluding hydrogens is 527 g/mol. The maximum absolute atomic E-state index is 13.8. The molecule has 2 aromatic carbocycles. The summed E-state index contributed by atoms with van der Waals surface area (Å²) in [4.78, 5) is 11.2. The molecule has 0 saturated heterocycles. The van der Waals surface area contributed by atoms with Gasteiger partial charge in [-0.15, -0.1) is 0 Å². The zero-order valence-corrected chi connectivity index (χ0v) is 25.4. The summed E-state index contributed by atoms with van der Waals surface area (Å²) in [6.45, 7) is 10.4. The Morgan fingerprint density at radius 1 is 1.00 bits per heavy atom. The Kier molecular flexibility index (Phi) is 14.7. The van der Waals surface area contributed by atoms with Gasteiger partial charge in [0.1, 0.15) is 5.82 Å². The number of nitrogens with zero attached hydrogens (tertiary/aromatic N) is 2.